The number of ether oxygens (including phenoxy) is 3. The fraction of sp³-hybridized carbons (Fsp3) is 0.158. The normalized spacial score (nSPS) is 10.4. The first kappa shape index (κ1) is 17.3. The number of hydrogen-bond acceptors (Lipinski definition) is 6. The highest BCUT2D eigenvalue weighted by Crippen LogP contribution is 2.42. The molecular weight excluding hydrogens is 338 g/mol. The predicted octanol–water partition coefficient (Wildman–Crippen LogP) is 3.73. The molecule has 134 valence electrons. The Morgan fingerprint density at radius 2 is 1.58 bits per heavy atom. The van der Waals surface area contributed by atoms with Crippen molar-refractivity contribution in [2.24, 2.45) is 0 Å². The summed E-state index contributed by atoms with van der Waals surface area (Å²) in [5.74, 6) is 0.496. The second-order valence-corrected chi connectivity index (χ2v) is 5.37. The zero-order valence-corrected chi connectivity index (χ0v) is 14.5. The third-order valence-corrected chi connectivity index (χ3v) is 3.95. The quantitative estimate of drug-likeness (QED) is 0.720. The molecule has 0 aliphatic heterocycles. The summed E-state index contributed by atoms with van der Waals surface area (Å²) < 4.78 is 21.2. The van der Waals surface area contributed by atoms with Gasteiger partial charge in [0, 0.05) is 11.1 Å². The Hall–Kier alpha value is -3.48. The maximum atomic E-state index is 11.0. The molecule has 7 nitrogen and oxygen atoms in total. The van der Waals surface area contributed by atoms with E-state index in [0.29, 0.717) is 28.5 Å². The van der Waals surface area contributed by atoms with Gasteiger partial charge in [0.05, 0.1) is 26.9 Å². The molecule has 3 aromatic rings. The zero-order valence-electron chi connectivity index (χ0n) is 14.5. The van der Waals surface area contributed by atoms with Gasteiger partial charge < -0.3 is 23.8 Å². The average Bonchev–Trinajstić information content (AvgIpc) is 3.16. The molecule has 2 aromatic carbocycles. The standard InChI is InChI=1S/C19H17NO6/c1-23-15-8-13(9-16(24-2)18(15)25-3)17-14(10-26-20-17)11-4-6-12(7-5-11)19(21)22/h4-10H,1-3H3,(H,21,22). The topological polar surface area (TPSA) is 91.0 Å². The molecule has 0 atom stereocenters. The zero-order chi connectivity index (χ0) is 18.7. The Balaban J connectivity index is 2.09. The lowest BCUT2D eigenvalue weighted by Gasteiger charge is -2.13. The van der Waals surface area contributed by atoms with Crippen molar-refractivity contribution in [2.45, 2.75) is 0 Å². The highest BCUT2D eigenvalue weighted by Gasteiger charge is 2.19. The summed E-state index contributed by atoms with van der Waals surface area (Å²) in [6, 6.07) is 10.0. The van der Waals surface area contributed by atoms with E-state index in [2.05, 4.69) is 5.16 Å². The highest BCUT2D eigenvalue weighted by atomic mass is 16.5. The number of hydrogen-bond donors (Lipinski definition) is 1. The van der Waals surface area contributed by atoms with Crippen molar-refractivity contribution in [1.29, 1.82) is 0 Å². The molecule has 26 heavy (non-hydrogen) atoms. The first-order valence-electron chi connectivity index (χ1n) is 7.67. The number of carboxylic acids is 1. The van der Waals surface area contributed by atoms with Crippen LogP contribution in [-0.2, 0) is 0 Å². The van der Waals surface area contributed by atoms with Crippen LogP contribution in [0.1, 0.15) is 10.4 Å². The van der Waals surface area contributed by atoms with Gasteiger partial charge in [-0.1, -0.05) is 17.3 Å². The van der Waals surface area contributed by atoms with Crippen LogP contribution in [0, 0.1) is 0 Å². The van der Waals surface area contributed by atoms with E-state index < -0.39 is 5.97 Å². The van der Waals surface area contributed by atoms with Gasteiger partial charge in [-0.2, -0.15) is 0 Å². The van der Waals surface area contributed by atoms with E-state index in [1.54, 1.807) is 24.3 Å². The SMILES string of the molecule is COc1cc(-c2nocc2-c2ccc(C(=O)O)cc2)cc(OC)c1OC. The van der Waals surface area contributed by atoms with Gasteiger partial charge in [0.25, 0.3) is 0 Å². The molecule has 1 heterocycles. The van der Waals surface area contributed by atoms with Crippen molar-refractivity contribution in [1.82, 2.24) is 5.16 Å². The van der Waals surface area contributed by atoms with Crippen molar-refractivity contribution in [3.05, 3.63) is 48.2 Å². The molecule has 0 aliphatic carbocycles. The predicted molar refractivity (Wildman–Crippen MR) is 94.0 cm³/mol. The molecule has 0 aliphatic rings. The summed E-state index contributed by atoms with van der Waals surface area (Å²) in [6.07, 6.45) is 1.51. The molecule has 3 rings (SSSR count). The lowest BCUT2D eigenvalue weighted by molar-refractivity contribution is 0.0697. The third kappa shape index (κ3) is 3.06. The minimum atomic E-state index is -0.980. The highest BCUT2D eigenvalue weighted by molar-refractivity contribution is 5.89. The summed E-state index contributed by atoms with van der Waals surface area (Å²) >= 11 is 0. The maximum absolute atomic E-state index is 11.0. The fourth-order valence-electron chi connectivity index (χ4n) is 2.66. The molecule has 1 N–H and O–H groups in total. The molecule has 0 saturated heterocycles. The maximum Gasteiger partial charge on any atom is 0.335 e. The number of benzene rings is 2. The number of nitrogens with zero attached hydrogens (tertiary/aromatic N) is 1. The number of aromatic carboxylic acids is 1. The molecule has 0 bridgehead atoms. The van der Waals surface area contributed by atoms with Gasteiger partial charge >= 0.3 is 5.97 Å². The number of aromatic nitrogens is 1. The van der Waals surface area contributed by atoms with E-state index in [9.17, 15) is 4.79 Å². The molecule has 0 fully saturated rings. The summed E-state index contributed by atoms with van der Waals surface area (Å²) in [6.45, 7) is 0. The minimum Gasteiger partial charge on any atom is -0.493 e. The second-order valence-electron chi connectivity index (χ2n) is 5.37. The van der Waals surface area contributed by atoms with E-state index >= 15 is 0 Å². The summed E-state index contributed by atoms with van der Waals surface area (Å²) in [5.41, 5.74) is 2.99. The Morgan fingerprint density at radius 3 is 2.08 bits per heavy atom. The number of carboxylic acid groups (broad SMARTS) is 1. The van der Waals surface area contributed by atoms with Gasteiger partial charge in [-0.3, -0.25) is 0 Å². The molecule has 1 aromatic heterocycles. The van der Waals surface area contributed by atoms with Gasteiger partial charge in [-0.25, -0.2) is 4.79 Å². The van der Waals surface area contributed by atoms with Crippen molar-refractivity contribution in [2.75, 3.05) is 21.3 Å². The van der Waals surface area contributed by atoms with Crippen molar-refractivity contribution < 1.29 is 28.6 Å². The van der Waals surface area contributed by atoms with E-state index in [0.717, 1.165) is 11.1 Å². The lowest BCUT2D eigenvalue weighted by Crippen LogP contribution is -1.96. The van der Waals surface area contributed by atoms with Crippen LogP contribution in [0.4, 0.5) is 0 Å². The van der Waals surface area contributed by atoms with Crippen LogP contribution in [0.25, 0.3) is 22.4 Å². The first-order chi connectivity index (χ1) is 12.6. The number of methoxy groups -OCH3 is 3. The van der Waals surface area contributed by atoms with Gasteiger partial charge in [0.1, 0.15) is 12.0 Å². The van der Waals surface area contributed by atoms with Crippen molar-refractivity contribution in [3.63, 3.8) is 0 Å². The van der Waals surface area contributed by atoms with Crippen LogP contribution in [0.3, 0.4) is 0 Å². The van der Waals surface area contributed by atoms with E-state index in [4.69, 9.17) is 23.8 Å². The molecule has 0 amide bonds. The number of rotatable bonds is 6. The molecule has 0 spiro atoms. The van der Waals surface area contributed by atoms with Crippen LogP contribution in [0.15, 0.2) is 47.2 Å². The third-order valence-electron chi connectivity index (χ3n) is 3.95. The second kappa shape index (κ2) is 7.18. The van der Waals surface area contributed by atoms with Crippen LogP contribution < -0.4 is 14.2 Å². The van der Waals surface area contributed by atoms with Gasteiger partial charge in [-0.05, 0) is 29.8 Å². The Labute approximate surface area is 149 Å². The van der Waals surface area contributed by atoms with Crippen LogP contribution >= 0.6 is 0 Å². The Morgan fingerprint density at radius 1 is 0.962 bits per heavy atom. The lowest BCUT2D eigenvalue weighted by atomic mass is 10.00. The molecule has 7 heteroatoms. The minimum absolute atomic E-state index is 0.208. The van der Waals surface area contributed by atoms with Crippen molar-refractivity contribution in [3.8, 4) is 39.6 Å². The van der Waals surface area contributed by atoms with Gasteiger partial charge in [-0.15, -0.1) is 0 Å². The van der Waals surface area contributed by atoms with E-state index in [-0.39, 0.29) is 5.56 Å². The smallest absolute Gasteiger partial charge is 0.335 e. The summed E-state index contributed by atoms with van der Waals surface area (Å²) in [4.78, 5) is 11.0. The fourth-order valence-corrected chi connectivity index (χ4v) is 2.66. The van der Waals surface area contributed by atoms with Crippen molar-refractivity contribution >= 4 is 5.97 Å². The summed E-state index contributed by atoms with van der Waals surface area (Å²) in [5, 5.41) is 13.1. The number of carbonyl (C=O) groups is 1. The molecule has 0 unspecified atom stereocenters. The molecular formula is C19H17NO6. The molecule has 0 radical (unpaired) electrons. The first-order valence-corrected chi connectivity index (χ1v) is 7.67. The largest absolute Gasteiger partial charge is 0.493 e. The summed E-state index contributed by atoms with van der Waals surface area (Å²) in [7, 11) is 4.61. The average molecular weight is 355 g/mol. The Kier molecular flexibility index (Phi) is 4.79. The van der Waals surface area contributed by atoms with E-state index in [1.807, 2.05) is 0 Å². The molecule has 0 saturated carbocycles. The van der Waals surface area contributed by atoms with Crippen LogP contribution in [-0.4, -0.2) is 37.6 Å². The monoisotopic (exact) mass is 355 g/mol. The van der Waals surface area contributed by atoms with Gasteiger partial charge in [0.2, 0.25) is 5.75 Å². The van der Waals surface area contributed by atoms with E-state index in [1.165, 1.54) is 39.7 Å². The Bertz CT molecular complexity index is 904. The van der Waals surface area contributed by atoms with Gasteiger partial charge in [0.15, 0.2) is 11.5 Å². The van der Waals surface area contributed by atoms with Crippen LogP contribution in [0.2, 0.25) is 0 Å². The van der Waals surface area contributed by atoms with Crippen LogP contribution in [0.5, 0.6) is 17.2 Å².